The number of hydrogen-bond donors (Lipinski definition) is 3. The van der Waals surface area contributed by atoms with Crippen molar-refractivity contribution in [2.75, 3.05) is 0 Å². The smallest absolute Gasteiger partial charge is 0.245 e. The van der Waals surface area contributed by atoms with E-state index in [1.807, 2.05) is 12.1 Å². The molecule has 2 rings (SSSR count). The van der Waals surface area contributed by atoms with Gasteiger partial charge in [0, 0.05) is 24.9 Å². The van der Waals surface area contributed by atoms with E-state index in [0.717, 1.165) is 10.9 Å². The molecule has 8 nitrogen and oxygen atoms in total. The molecule has 0 saturated carbocycles. The van der Waals surface area contributed by atoms with Crippen molar-refractivity contribution in [3.05, 3.63) is 36.0 Å². The van der Waals surface area contributed by atoms with Crippen LogP contribution in [0.1, 0.15) is 19.4 Å². The summed E-state index contributed by atoms with van der Waals surface area (Å²) >= 11 is 0. The number of para-hydroxylation sites is 1. The summed E-state index contributed by atoms with van der Waals surface area (Å²) in [6, 6.07) is 5.18. The molecule has 0 aliphatic heterocycles. The molecule has 0 radical (unpaired) electrons. The van der Waals surface area contributed by atoms with E-state index in [-0.39, 0.29) is 6.42 Å². The first-order valence-electron chi connectivity index (χ1n) is 8.12. The molecule has 0 unspecified atom stereocenters. The van der Waals surface area contributed by atoms with E-state index in [0.29, 0.717) is 18.2 Å². The topological polar surface area (TPSA) is 118 Å². The molecule has 0 aliphatic rings. The van der Waals surface area contributed by atoms with Gasteiger partial charge in [-0.3, -0.25) is 19.0 Å². The molecule has 0 saturated heterocycles. The predicted octanol–water partition coefficient (Wildman–Crippen LogP) is -0.209. The van der Waals surface area contributed by atoms with E-state index in [9.17, 15) is 24.3 Å². The Hall–Kier alpha value is -3.00. The third-order valence-corrected chi connectivity index (χ3v) is 3.99. The molecule has 26 heavy (non-hydrogen) atoms. The lowest BCUT2D eigenvalue weighted by molar-refractivity contribution is -0.131. The van der Waals surface area contributed by atoms with Crippen LogP contribution in [0.4, 0.5) is 0 Å². The number of nitrogens with zero attached hydrogens (tertiary/aromatic N) is 1. The van der Waals surface area contributed by atoms with Crippen molar-refractivity contribution in [3.63, 3.8) is 0 Å². The summed E-state index contributed by atoms with van der Waals surface area (Å²) in [4.78, 5) is 46.1. The van der Waals surface area contributed by atoms with Gasteiger partial charge in [0.2, 0.25) is 18.2 Å². The molecule has 8 heteroatoms. The van der Waals surface area contributed by atoms with Crippen molar-refractivity contribution >= 4 is 35.4 Å². The Labute approximate surface area is 150 Å². The lowest BCUT2D eigenvalue weighted by Crippen LogP contribution is -2.54. The molecule has 138 valence electrons. The minimum Gasteiger partial charge on any atom is -0.391 e. The molecule has 2 aromatic rings. The van der Waals surface area contributed by atoms with Crippen molar-refractivity contribution in [1.29, 1.82) is 0 Å². The van der Waals surface area contributed by atoms with Gasteiger partial charge in [-0.05, 0) is 18.6 Å². The molecule has 1 heterocycles. The molecule has 0 fully saturated rings. The summed E-state index contributed by atoms with van der Waals surface area (Å²) in [6.07, 6.45) is 1.91. The van der Waals surface area contributed by atoms with Crippen molar-refractivity contribution in [1.82, 2.24) is 15.2 Å². The number of hydrogen-bond acceptors (Lipinski definition) is 5. The number of carbonyl (C=O) groups is 4. The number of carbonyl (C=O) groups excluding carboxylic acids is 4. The fraction of sp³-hybridized carbons (Fsp3) is 0.333. The zero-order chi connectivity index (χ0) is 19.3. The molecule has 0 aliphatic carbocycles. The highest BCUT2D eigenvalue weighted by Crippen LogP contribution is 2.21. The largest absolute Gasteiger partial charge is 0.391 e. The van der Waals surface area contributed by atoms with E-state index >= 15 is 0 Å². The Kier molecular flexibility index (Phi) is 6.24. The maximum Gasteiger partial charge on any atom is 0.245 e. The Morgan fingerprint density at radius 3 is 2.50 bits per heavy atom. The molecule has 0 spiro atoms. The molecule has 1 aromatic heterocycles. The van der Waals surface area contributed by atoms with Crippen molar-refractivity contribution in [2.45, 2.75) is 38.5 Å². The van der Waals surface area contributed by atoms with Crippen LogP contribution < -0.4 is 10.6 Å². The van der Waals surface area contributed by atoms with Crippen LogP contribution in [0.3, 0.4) is 0 Å². The van der Waals surface area contributed by atoms with Crippen LogP contribution >= 0.6 is 0 Å². The summed E-state index contributed by atoms with van der Waals surface area (Å²) in [5.41, 5.74) is 1.42. The molecule has 3 N–H and O–H groups in total. The number of benzene rings is 1. The number of aliphatic hydroxyl groups is 1. The summed E-state index contributed by atoms with van der Waals surface area (Å²) in [5, 5.41) is 15.3. The second kappa shape index (κ2) is 8.39. The number of aldehydes is 1. The van der Waals surface area contributed by atoms with Gasteiger partial charge in [0.05, 0.1) is 17.7 Å². The van der Waals surface area contributed by atoms with Crippen LogP contribution in [0, 0.1) is 0 Å². The van der Waals surface area contributed by atoms with Gasteiger partial charge in [-0.15, -0.1) is 0 Å². The number of fused-ring (bicyclic) bond motifs is 1. The SMILES string of the molecule is CC(=O)N[C@H](C(=O)N[C@@H](C=O)Cc1cn(C=O)c2ccccc12)[C@@H](C)O. The average molecular weight is 359 g/mol. The van der Waals surface area contributed by atoms with Gasteiger partial charge in [-0.2, -0.15) is 0 Å². The summed E-state index contributed by atoms with van der Waals surface area (Å²) in [6.45, 7) is 2.60. The van der Waals surface area contributed by atoms with Gasteiger partial charge in [0.1, 0.15) is 12.3 Å². The van der Waals surface area contributed by atoms with Gasteiger partial charge in [0.25, 0.3) is 0 Å². The van der Waals surface area contributed by atoms with Gasteiger partial charge in [-0.25, -0.2) is 0 Å². The normalized spacial score (nSPS) is 14.3. The summed E-state index contributed by atoms with van der Waals surface area (Å²) in [7, 11) is 0. The zero-order valence-electron chi connectivity index (χ0n) is 14.5. The third kappa shape index (κ3) is 4.34. The van der Waals surface area contributed by atoms with Gasteiger partial charge in [0.15, 0.2) is 0 Å². The maximum absolute atomic E-state index is 12.3. The first-order chi connectivity index (χ1) is 12.4. The van der Waals surface area contributed by atoms with Crippen LogP contribution in [-0.2, 0) is 25.6 Å². The number of aliphatic hydroxyl groups excluding tert-OH is 1. The van der Waals surface area contributed by atoms with E-state index in [1.54, 1.807) is 18.3 Å². The number of amides is 2. The second-order valence-electron chi connectivity index (χ2n) is 6.06. The van der Waals surface area contributed by atoms with E-state index in [2.05, 4.69) is 10.6 Å². The van der Waals surface area contributed by atoms with Crippen molar-refractivity contribution in [3.8, 4) is 0 Å². The maximum atomic E-state index is 12.3. The van der Waals surface area contributed by atoms with Crippen molar-refractivity contribution < 1.29 is 24.3 Å². The Morgan fingerprint density at radius 1 is 1.23 bits per heavy atom. The zero-order valence-corrected chi connectivity index (χ0v) is 14.5. The Balaban J connectivity index is 2.19. The van der Waals surface area contributed by atoms with Crippen LogP contribution in [-0.4, -0.2) is 52.4 Å². The van der Waals surface area contributed by atoms with Gasteiger partial charge in [-0.1, -0.05) is 18.2 Å². The van der Waals surface area contributed by atoms with Crippen molar-refractivity contribution in [2.24, 2.45) is 0 Å². The lowest BCUT2D eigenvalue weighted by atomic mass is 10.0. The number of nitrogens with one attached hydrogen (secondary N) is 2. The highest BCUT2D eigenvalue weighted by atomic mass is 16.3. The minimum atomic E-state index is -1.16. The Morgan fingerprint density at radius 2 is 1.92 bits per heavy atom. The fourth-order valence-electron chi connectivity index (χ4n) is 2.79. The second-order valence-corrected chi connectivity index (χ2v) is 6.06. The fourth-order valence-corrected chi connectivity index (χ4v) is 2.79. The van der Waals surface area contributed by atoms with Crippen LogP contribution in [0.5, 0.6) is 0 Å². The molecule has 2 amide bonds. The average Bonchev–Trinajstić information content (AvgIpc) is 2.96. The van der Waals surface area contributed by atoms with Gasteiger partial charge >= 0.3 is 0 Å². The molecule has 1 aromatic carbocycles. The van der Waals surface area contributed by atoms with Crippen LogP contribution in [0.25, 0.3) is 10.9 Å². The van der Waals surface area contributed by atoms with Gasteiger partial charge < -0.3 is 20.5 Å². The standard InChI is InChI=1S/C18H21N3O5/c1-11(24)17(19-12(2)25)18(26)20-14(9-22)7-13-8-21(10-23)16-6-4-3-5-15(13)16/h3-6,8-11,14,17,24H,7H2,1-2H3,(H,19,25)(H,20,26)/t11-,14-,17+/m1/s1. The Bertz CT molecular complexity index is 827. The highest BCUT2D eigenvalue weighted by molar-refractivity contribution is 5.90. The quantitative estimate of drug-likeness (QED) is 0.564. The minimum absolute atomic E-state index is 0.170. The summed E-state index contributed by atoms with van der Waals surface area (Å²) < 4.78 is 1.41. The van der Waals surface area contributed by atoms with Crippen LogP contribution in [0.2, 0.25) is 0 Å². The molecule has 0 bridgehead atoms. The first kappa shape index (κ1) is 19.3. The summed E-state index contributed by atoms with van der Waals surface area (Å²) in [5.74, 6) is -1.13. The van der Waals surface area contributed by atoms with E-state index in [4.69, 9.17) is 0 Å². The molecular formula is C18H21N3O5. The van der Waals surface area contributed by atoms with Crippen LogP contribution in [0.15, 0.2) is 30.5 Å². The first-order valence-corrected chi connectivity index (χ1v) is 8.12. The monoisotopic (exact) mass is 359 g/mol. The lowest BCUT2D eigenvalue weighted by Gasteiger charge is -2.22. The molecular weight excluding hydrogens is 338 g/mol. The third-order valence-electron chi connectivity index (χ3n) is 3.99. The highest BCUT2D eigenvalue weighted by Gasteiger charge is 2.26. The number of rotatable bonds is 8. The van der Waals surface area contributed by atoms with E-state index < -0.39 is 30.0 Å². The molecule has 3 atom stereocenters. The van der Waals surface area contributed by atoms with E-state index in [1.165, 1.54) is 18.4 Å². The number of aromatic nitrogens is 1. The predicted molar refractivity (Wildman–Crippen MR) is 95.1 cm³/mol.